The minimum Gasteiger partial charge on any atom is -0.347 e. The topological polar surface area (TPSA) is 93.9 Å². The van der Waals surface area contributed by atoms with Gasteiger partial charge in [0.15, 0.2) is 15.5 Å². The van der Waals surface area contributed by atoms with Crippen LogP contribution >= 0.6 is 0 Å². The molecule has 1 aliphatic rings. The van der Waals surface area contributed by atoms with Crippen LogP contribution in [-0.2, 0) is 16.4 Å². The average molecular weight is 410 g/mol. The lowest BCUT2D eigenvalue weighted by Crippen LogP contribution is -2.24. The Hall–Kier alpha value is -3.00. The summed E-state index contributed by atoms with van der Waals surface area (Å²) in [6, 6.07) is 13.0. The second-order valence-corrected chi connectivity index (χ2v) is 9.55. The maximum absolute atomic E-state index is 12.7. The molecule has 150 valence electrons. The van der Waals surface area contributed by atoms with Crippen LogP contribution in [0.3, 0.4) is 0 Å². The standard InChI is InChI=1S/C21H22N4O3S/c1-15-2-4-17(5-3-15)20-12-19(21(26)23-13-16-6-9-22-10-7-16)24-25(20)18-8-11-29(27,28)14-18/h2-7,9-10,12,18H,8,11,13-14H2,1H3,(H,23,26)/t18-/m1/s1. The van der Waals surface area contributed by atoms with Crippen LogP contribution in [0.2, 0.25) is 0 Å². The minimum absolute atomic E-state index is 0.0472. The van der Waals surface area contributed by atoms with Gasteiger partial charge < -0.3 is 5.32 Å². The summed E-state index contributed by atoms with van der Waals surface area (Å²) in [5.41, 5.74) is 3.99. The summed E-state index contributed by atoms with van der Waals surface area (Å²) in [6.07, 6.45) is 3.85. The van der Waals surface area contributed by atoms with Gasteiger partial charge in [0.1, 0.15) is 0 Å². The highest BCUT2D eigenvalue weighted by atomic mass is 32.2. The van der Waals surface area contributed by atoms with E-state index in [0.717, 1.165) is 22.4 Å². The quantitative estimate of drug-likeness (QED) is 0.698. The molecule has 8 heteroatoms. The van der Waals surface area contributed by atoms with Crippen molar-refractivity contribution < 1.29 is 13.2 Å². The Morgan fingerprint density at radius 2 is 1.90 bits per heavy atom. The van der Waals surface area contributed by atoms with Gasteiger partial charge in [-0.15, -0.1) is 0 Å². The van der Waals surface area contributed by atoms with Crippen LogP contribution in [-0.4, -0.2) is 40.6 Å². The average Bonchev–Trinajstić information content (AvgIpc) is 3.31. The Morgan fingerprint density at radius 1 is 1.17 bits per heavy atom. The predicted molar refractivity (Wildman–Crippen MR) is 110 cm³/mol. The fourth-order valence-electron chi connectivity index (χ4n) is 3.47. The van der Waals surface area contributed by atoms with E-state index in [4.69, 9.17) is 0 Å². The highest BCUT2D eigenvalue weighted by Crippen LogP contribution is 2.30. The van der Waals surface area contributed by atoms with Crippen molar-refractivity contribution in [2.24, 2.45) is 0 Å². The van der Waals surface area contributed by atoms with E-state index in [1.165, 1.54) is 0 Å². The molecular formula is C21H22N4O3S. The van der Waals surface area contributed by atoms with Crippen molar-refractivity contribution in [2.75, 3.05) is 11.5 Å². The van der Waals surface area contributed by atoms with Crippen LogP contribution in [0.4, 0.5) is 0 Å². The largest absolute Gasteiger partial charge is 0.347 e. The third-order valence-corrected chi connectivity index (χ3v) is 6.82. The molecule has 0 aliphatic carbocycles. The maximum atomic E-state index is 12.7. The third kappa shape index (κ3) is 4.37. The van der Waals surface area contributed by atoms with Crippen molar-refractivity contribution >= 4 is 15.7 Å². The second-order valence-electron chi connectivity index (χ2n) is 7.32. The van der Waals surface area contributed by atoms with Gasteiger partial charge in [0.05, 0.1) is 23.2 Å². The molecule has 1 saturated heterocycles. The van der Waals surface area contributed by atoms with E-state index in [0.29, 0.717) is 13.0 Å². The molecule has 1 aromatic carbocycles. The molecule has 29 heavy (non-hydrogen) atoms. The first-order valence-corrected chi connectivity index (χ1v) is 11.3. The first-order valence-electron chi connectivity index (χ1n) is 9.45. The molecule has 1 aliphatic heterocycles. The fourth-order valence-corrected chi connectivity index (χ4v) is 5.16. The van der Waals surface area contributed by atoms with Gasteiger partial charge in [0.25, 0.3) is 5.91 Å². The number of hydrogen-bond donors (Lipinski definition) is 1. The molecule has 0 radical (unpaired) electrons. The molecule has 0 saturated carbocycles. The number of carbonyl (C=O) groups is 1. The number of hydrogen-bond acceptors (Lipinski definition) is 5. The van der Waals surface area contributed by atoms with Gasteiger partial charge in [-0.05, 0) is 42.7 Å². The number of carbonyl (C=O) groups excluding carboxylic acids is 1. The van der Waals surface area contributed by atoms with E-state index in [9.17, 15) is 13.2 Å². The summed E-state index contributed by atoms with van der Waals surface area (Å²) in [5, 5.41) is 7.36. The van der Waals surface area contributed by atoms with Crippen molar-refractivity contribution in [1.82, 2.24) is 20.1 Å². The van der Waals surface area contributed by atoms with Crippen LogP contribution in [0.1, 0.15) is 34.1 Å². The number of aromatic nitrogens is 3. The zero-order valence-corrected chi connectivity index (χ0v) is 16.9. The van der Waals surface area contributed by atoms with Crippen molar-refractivity contribution in [1.29, 1.82) is 0 Å². The summed E-state index contributed by atoms with van der Waals surface area (Å²) < 4.78 is 25.7. The van der Waals surface area contributed by atoms with E-state index in [1.807, 2.05) is 43.3 Å². The number of aryl methyl sites for hydroxylation is 1. The van der Waals surface area contributed by atoms with Crippen LogP contribution in [0, 0.1) is 6.92 Å². The van der Waals surface area contributed by atoms with Gasteiger partial charge >= 0.3 is 0 Å². The zero-order chi connectivity index (χ0) is 20.4. The molecule has 3 aromatic rings. The minimum atomic E-state index is -3.07. The normalized spacial score (nSPS) is 17.9. The Labute approximate surface area is 169 Å². The summed E-state index contributed by atoms with van der Waals surface area (Å²) in [6.45, 7) is 2.37. The Bertz CT molecular complexity index is 1120. The first kappa shape index (κ1) is 19.3. The molecular weight excluding hydrogens is 388 g/mol. The van der Waals surface area contributed by atoms with Crippen molar-refractivity contribution in [3.05, 3.63) is 71.7 Å². The van der Waals surface area contributed by atoms with E-state index in [-0.39, 0.29) is 29.1 Å². The van der Waals surface area contributed by atoms with E-state index < -0.39 is 9.84 Å². The van der Waals surface area contributed by atoms with Gasteiger partial charge in [0.2, 0.25) is 0 Å². The zero-order valence-electron chi connectivity index (χ0n) is 16.1. The van der Waals surface area contributed by atoms with Crippen LogP contribution in [0.25, 0.3) is 11.3 Å². The predicted octanol–water partition coefficient (Wildman–Crippen LogP) is 2.54. The van der Waals surface area contributed by atoms with Crippen LogP contribution < -0.4 is 5.32 Å². The lowest BCUT2D eigenvalue weighted by atomic mass is 10.1. The SMILES string of the molecule is Cc1ccc(-c2cc(C(=O)NCc3ccncc3)nn2[C@@H]2CCS(=O)(=O)C2)cc1. The maximum Gasteiger partial charge on any atom is 0.272 e. The summed E-state index contributed by atoms with van der Waals surface area (Å²) in [7, 11) is -3.07. The smallest absolute Gasteiger partial charge is 0.272 e. The lowest BCUT2D eigenvalue weighted by molar-refractivity contribution is 0.0945. The van der Waals surface area contributed by atoms with Crippen molar-refractivity contribution in [3.63, 3.8) is 0 Å². The van der Waals surface area contributed by atoms with E-state index in [1.54, 1.807) is 23.1 Å². The van der Waals surface area contributed by atoms with E-state index >= 15 is 0 Å². The summed E-state index contributed by atoms with van der Waals surface area (Å²) >= 11 is 0. The molecule has 0 spiro atoms. The molecule has 1 atom stereocenters. The highest BCUT2D eigenvalue weighted by molar-refractivity contribution is 7.91. The molecule has 2 aromatic heterocycles. The molecule has 0 unspecified atom stereocenters. The number of nitrogens with zero attached hydrogens (tertiary/aromatic N) is 3. The number of rotatable bonds is 5. The lowest BCUT2D eigenvalue weighted by Gasteiger charge is -2.13. The second kappa shape index (κ2) is 7.79. The highest BCUT2D eigenvalue weighted by Gasteiger charge is 2.32. The fraction of sp³-hybridized carbons (Fsp3) is 0.286. The monoisotopic (exact) mass is 410 g/mol. The van der Waals surface area contributed by atoms with Gasteiger partial charge in [-0.25, -0.2) is 8.42 Å². The van der Waals surface area contributed by atoms with E-state index in [2.05, 4.69) is 15.4 Å². The molecule has 0 bridgehead atoms. The van der Waals surface area contributed by atoms with Crippen LogP contribution in [0.15, 0.2) is 54.9 Å². The Kier molecular flexibility index (Phi) is 5.19. The number of pyridine rings is 1. The number of amides is 1. The molecule has 1 amide bonds. The number of benzene rings is 1. The van der Waals surface area contributed by atoms with Gasteiger partial charge in [-0.2, -0.15) is 5.10 Å². The molecule has 1 N–H and O–H groups in total. The summed E-state index contributed by atoms with van der Waals surface area (Å²) in [4.78, 5) is 16.7. The number of nitrogens with one attached hydrogen (secondary N) is 1. The van der Waals surface area contributed by atoms with Gasteiger partial charge in [-0.3, -0.25) is 14.5 Å². The molecule has 7 nitrogen and oxygen atoms in total. The molecule has 4 rings (SSSR count). The molecule has 3 heterocycles. The Balaban J connectivity index is 1.63. The van der Waals surface area contributed by atoms with Crippen LogP contribution in [0.5, 0.6) is 0 Å². The van der Waals surface area contributed by atoms with Crippen molar-refractivity contribution in [2.45, 2.75) is 25.9 Å². The number of sulfone groups is 1. The van der Waals surface area contributed by atoms with Crippen molar-refractivity contribution in [3.8, 4) is 11.3 Å². The van der Waals surface area contributed by atoms with Gasteiger partial charge in [0, 0.05) is 18.9 Å². The molecule has 1 fully saturated rings. The summed E-state index contributed by atoms with van der Waals surface area (Å²) in [5.74, 6) is -0.102. The third-order valence-electron chi connectivity index (χ3n) is 5.07. The van der Waals surface area contributed by atoms with Gasteiger partial charge in [-0.1, -0.05) is 29.8 Å². The Morgan fingerprint density at radius 3 is 2.55 bits per heavy atom. The first-order chi connectivity index (χ1) is 13.9.